The molecular weight excluding hydrogens is 232 g/mol. The molecule has 0 amide bonds. The highest BCUT2D eigenvalue weighted by molar-refractivity contribution is 7.10. The van der Waals surface area contributed by atoms with Crippen LogP contribution in [0.5, 0.6) is 0 Å². The van der Waals surface area contributed by atoms with Gasteiger partial charge in [0.25, 0.3) is 0 Å². The highest BCUT2D eigenvalue weighted by atomic mass is 32.1. The van der Waals surface area contributed by atoms with Gasteiger partial charge in [0, 0.05) is 15.8 Å². The van der Waals surface area contributed by atoms with Crippen LogP contribution in [0, 0.1) is 6.92 Å². The van der Waals surface area contributed by atoms with Gasteiger partial charge in [0.2, 0.25) is 0 Å². The van der Waals surface area contributed by atoms with Crippen molar-refractivity contribution in [2.75, 3.05) is 6.61 Å². The van der Waals surface area contributed by atoms with E-state index >= 15 is 0 Å². The second-order valence-corrected chi connectivity index (χ2v) is 4.75. The second-order valence-electron chi connectivity index (χ2n) is 3.67. The van der Waals surface area contributed by atoms with Gasteiger partial charge in [-0.15, -0.1) is 11.3 Å². The number of ether oxygens (including phenoxy) is 1. The summed E-state index contributed by atoms with van der Waals surface area (Å²) in [6, 6.07) is 9.94. The van der Waals surface area contributed by atoms with Crippen LogP contribution in [0.3, 0.4) is 0 Å². The maximum absolute atomic E-state index is 11.8. The lowest BCUT2D eigenvalue weighted by atomic mass is 10.0. The Bertz CT molecular complexity index is 514. The van der Waals surface area contributed by atoms with Crippen molar-refractivity contribution in [3.05, 3.63) is 46.2 Å². The largest absolute Gasteiger partial charge is 0.462 e. The van der Waals surface area contributed by atoms with Crippen molar-refractivity contribution in [3.8, 4) is 11.1 Å². The monoisotopic (exact) mass is 246 g/mol. The molecule has 0 unspecified atom stereocenters. The third-order valence-corrected chi connectivity index (χ3v) is 3.44. The van der Waals surface area contributed by atoms with Gasteiger partial charge < -0.3 is 4.74 Å². The van der Waals surface area contributed by atoms with Gasteiger partial charge >= 0.3 is 5.97 Å². The fraction of sp³-hybridized carbons (Fsp3) is 0.214. The fourth-order valence-electron chi connectivity index (χ4n) is 1.78. The SMILES string of the molecule is CCOC(=O)c1csc(C)c1-c1ccccc1. The van der Waals surface area contributed by atoms with E-state index < -0.39 is 0 Å². The van der Waals surface area contributed by atoms with Crippen LogP contribution in [0.2, 0.25) is 0 Å². The van der Waals surface area contributed by atoms with Crippen molar-refractivity contribution in [3.63, 3.8) is 0 Å². The van der Waals surface area contributed by atoms with E-state index in [0.29, 0.717) is 12.2 Å². The van der Waals surface area contributed by atoms with E-state index in [1.165, 1.54) is 0 Å². The molecule has 0 atom stereocenters. The molecule has 0 fully saturated rings. The Kier molecular flexibility index (Phi) is 3.59. The summed E-state index contributed by atoms with van der Waals surface area (Å²) in [4.78, 5) is 13.0. The van der Waals surface area contributed by atoms with E-state index in [1.54, 1.807) is 11.3 Å². The third-order valence-electron chi connectivity index (χ3n) is 2.53. The molecule has 1 aromatic heterocycles. The van der Waals surface area contributed by atoms with Crippen LogP contribution >= 0.6 is 11.3 Å². The summed E-state index contributed by atoms with van der Waals surface area (Å²) in [6.07, 6.45) is 0. The first-order valence-corrected chi connectivity index (χ1v) is 6.42. The molecule has 0 saturated carbocycles. The number of esters is 1. The zero-order valence-corrected chi connectivity index (χ0v) is 10.7. The standard InChI is InChI=1S/C14H14O2S/c1-3-16-14(15)12-9-17-10(2)13(12)11-7-5-4-6-8-11/h4-9H,3H2,1-2H3. The summed E-state index contributed by atoms with van der Waals surface area (Å²) in [6.45, 7) is 4.25. The lowest BCUT2D eigenvalue weighted by Crippen LogP contribution is -2.04. The van der Waals surface area contributed by atoms with Crippen molar-refractivity contribution < 1.29 is 9.53 Å². The molecule has 1 heterocycles. The number of benzene rings is 1. The molecule has 0 saturated heterocycles. The van der Waals surface area contributed by atoms with E-state index in [9.17, 15) is 4.79 Å². The Hall–Kier alpha value is -1.61. The molecule has 0 aliphatic heterocycles. The first-order chi connectivity index (χ1) is 8.24. The van der Waals surface area contributed by atoms with Gasteiger partial charge in [0.15, 0.2) is 0 Å². The smallest absolute Gasteiger partial charge is 0.339 e. The Morgan fingerprint density at radius 2 is 2.00 bits per heavy atom. The lowest BCUT2D eigenvalue weighted by molar-refractivity contribution is 0.0528. The average molecular weight is 246 g/mol. The summed E-state index contributed by atoms with van der Waals surface area (Å²) in [5.74, 6) is -0.240. The van der Waals surface area contributed by atoms with Crippen molar-refractivity contribution in [1.82, 2.24) is 0 Å². The zero-order valence-electron chi connectivity index (χ0n) is 9.90. The minimum atomic E-state index is -0.240. The number of thiophene rings is 1. The molecule has 0 radical (unpaired) electrons. The first kappa shape index (κ1) is 11.9. The van der Waals surface area contributed by atoms with E-state index in [0.717, 1.165) is 16.0 Å². The summed E-state index contributed by atoms with van der Waals surface area (Å²) in [7, 11) is 0. The predicted molar refractivity (Wildman–Crippen MR) is 70.4 cm³/mol. The molecule has 3 heteroatoms. The van der Waals surface area contributed by atoms with Crippen LogP contribution in [0.25, 0.3) is 11.1 Å². The molecule has 0 aliphatic rings. The lowest BCUT2D eigenvalue weighted by Gasteiger charge is -2.05. The van der Waals surface area contributed by atoms with Crippen LogP contribution in [0.4, 0.5) is 0 Å². The number of hydrogen-bond acceptors (Lipinski definition) is 3. The molecule has 0 bridgehead atoms. The van der Waals surface area contributed by atoms with Crippen LogP contribution < -0.4 is 0 Å². The molecule has 88 valence electrons. The number of carbonyl (C=O) groups is 1. The highest BCUT2D eigenvalue weighted by Crippen LogP contribution is 2.32. The zero-order chi connectivity index (χ0) is 12.3. The molecule has 1 aromatic carbocycles. The van der Waals surface area contributed by atoms with Crippen molar-refractivity contribution >= 4 is 17.3 Å². The molecule has 0 spiro atoms. The normalized spacial score (nSPS) is 10.2. The third kappa shape index (κ3) is 2.39. The molecule has 2 nitrogen and oxygen atoms in total. The maximum atomic E-state index is 11.8. The van der Waals surface area contributed by atoms with Crippen molar-refractivity contribution in [2.24, 2.45) is 0 Å². The van der Waals surface area contributed by atoms with E-state index in [4.69, 9.17) is 4.74 Å². The summed E-state index contributed by atoms with van der Waals surface area (Å²) < 4.78 is 5.07. The highest BCUT2D eigenvalue weighted by Gasteiger charge is 2.17. The number of carbonyl (C=O) groups excluding carboxylic acids is 1. The quantitative estimate of drug-likeness (QED) is 0.768. The van der Waals surface area contributed by atoms with Crippen molar-refractivity contribution in [1.29, 1.82) is 0 Å². The predicted octanol–water partition coefficient (Wildman–Crippen LogP) is 3.90. The maximum Gasteiger partial charge on any atom is 0.339 e. The van der Waals surface area contributed by atoms with Crippen LogP contribution in [0.15, 0.2) is 35.7 Å². The molecule has 17 heavy (non-hydrogen) atoms. The Morgan fingerprint density at radius 1 is 1.29 bits per heavy atom. The van der Waals surface area contributed by atoms with Crippen molar-refractivity contribution in [2.45, 2.75) is 13.8 Å². The molecule has 0 aliphatic carbocycles. The van der Waals surface area contributed by atoms with Gasteiger partial charge in [-0.05, 0) is 19.4 Å². The minimum Gasteiger partial charge on any atom is -0.462 e. The molecule has 0 N–H and O–H groups in total. The Balaban J connectivity index is 2.47. The Labute approximate surface area is 105 Å². The van der Waals surface area contributed by atoms with Crippen LogP contribution in [-0.4, -0.2) is 12.6 Å². The Morgan fingerprint density at radius 3 is 2.65 bits per heavy atom. The number of aryl methyl sites for hydroxylation is 1. The summed E-state index contributed by atoms with van der Waals surface area (Å²) in [5, 5.41) is 1.87. The average Bonchev–Trinajstić information content (AvgIpc) is 2.73. The number of rotatable bonds is 3. The van der Waals surface area contributed by atoms with E-state index in [1.807, 2.05) is 49.6 Å². The second kappa shape index (κ2) is 5.15. The fourth-order valence-corrected chi connectivity index (χ4v) is 2.63. The van der Waals surface area contributed by atoms with Gasteiger partial charge in [-0.3, -0.25) is 0 Å². The minimum absolute atomic E-state index is 0.240. The van der Waals surface area contributed by atoms with Crippen LogP contribution in [-0.2, 0) is 4.74 Å². The van der Waals surface area contributed by atoms with Gasteiger partial charge in [0.05, 0.1) is 12.2 Å². The van der Waals surface area contributed by atoms with Gasteiger partial charge in [-0.2, -0.15) is 0 Å². The molecule has 2 rings (SSSR count). The number of hydrogen-bond donors (Lipinski definition) is 0. The van der Waals surface area contributed by atoms with E-state index in [2.05, 4.69) is 0 Å². The summed E-state index contributed by atoms with van der Waals surface area (Å²) >= 11 is 1.58. The topological polar surface area (TPSA) is 26.3 Å². The molecule has 2 aromatic rings. The van der Waals surface area contributed by atoms with Gasteiger partial charge in [-0.1, -0.05) is 30.3 Å². The molecular formula is C14H14O2S. The first-order valence-electron chi connectivity index (χ1n) is 5.54. The summed E-state index contributed by atoms with van der Waals surface area (Å²) in [5.41, 5.74) is 2.73. The van der Waals surface area contributed by atoms with E-state index in [-0.39, 0.29) is 5.97 Å². The van der Waals surface area contributed by atoms with Gasteiger partial charge in [0.1, 0.15) is 0 Å². The van der Waals surface area contributed by atoms with Gasteiger partial charge in [-0.25, -0.2) is 4.79 Å². The van der Waals surface area contributed by atoms with Crippen LogP contribution in [0.1, 0.15) is 22.2 Å².